The highest BCUT2D eigenvalue weighted by Gasteiger charge is 2.20. The first-order valence-corrected chi connectivity index (χ1v) is 11.0. The highest BCUT2D eigenvalue weighted by Crippen LogP contribution is 2.29. The number of carbonyl (C=O) groups excluding carboxylic acids is 2. The van der Waals surface area contributed by atoms with Crippen molar-refractivity contribution in [3.05, 3.63) is 71.8 Å². The molecule has 0 saturated carbocycles. The number of carbonyl (C=O) groups is 2. The average Bonchev–Trinajstić information content (AvgIpc) is 3.27. The number of fused-ring (bicyclic) bond motifs is 1. The molecule has 166 valence electrons. The number of H-pyrrole nitrogens is 1. The number of pyridine rings is 1. The lowest BCUT2D eigenvalue weighted by Gasteiger charge is -2.32. The summed E-state index contributed by atoms with van der Waals surface area (Å²) in [6.45, 7) is 4.86. The lowest BCUT2D eigenvalue weighted by molar-refractivity contribution is 0.0664. The first-order chi connectivity index (χ1) is 16.0. The Hall–Kier alpha value is -3.84. The Morgan fingerprint density at radius 3 is 2.36 bits per heavy atom. The first-order valence-electron chi connectivity index (χ1n) is 11.0. The van der Waals surface area contributed by atoms with E-state index in [1.54, 1.807) is 6.92 Å². The molecule has 3 heterocycles. The van der Waals surface area contributed by atoms with Gasteiger partial charge in [0.05, 0.1) is 11.4 Å². The van der Waals surface area contributed by atoms with E-state index in [0.717, 1.165) is 48.4 Å². The summed E-state index contributed by atoms with van der Waals surface area (Å²) in [5.41, 5.74) is 5.20. The molecule has 0 unspecified atom stereocenters. The molecule has 2 aromatic heterocycles. The van der Waals surface area contributed by atoms with Gasteiger partial charge in [0.2, 0.25) is 0 Å². The van der Waals surface area contributed by atoms with Crippen LogP contribution in [-0.4, -0.2) is 69.9 Å². The second kappa shape index (κ2) is 8.60. The Morgan fingerprint density at radius 1 is 0.909 bits per heavy atom. The standard InChI is InChI=1S/C26H25N5O2/c1-17(32)20-5-3-4-6-21(20)23-12-11-22-24(28-29-25(22)27-23)18-7-9-19(10-8-18)26(33)31-15-13-30(2)14-16-31/h3-12H,13-16H2,1-2H3,(H,27,28,29). The van der Waals surface area contributed by atoms with Crippen LogP contribution in [0.3, 0.4) is 0 Å². The summed E-state index contributed by atoms with van der Waals surface area (Å²) in [7, 11) is 2.07. The molecule has 0 aliphatic carbocycles. The predicted molar refractivity (Wildman–Crippen MR) is 128 cm³/mol. The third kappa shape index (κ3) is 4.03. The van der Waals surface area contributed by atoms with E-state index in [1.807, 2.05) is 65.6 Å². The molecule has 0 bridgehead atoms. The largest absolute Gasteiger partial charge is 0.336 e. The van der Waals surface area contributed by atoms with Crippen LogP contribution in [0, 0.1) is 0 Å². The number of likely N-dealkylation sites (N-methyl/N-ethyl adjacent to an activating group) is 1. The fourth-order valence-electron chi connectivity index (χ4n) is 4.25. The van der Waals surface area contributed by atoms with Crippen molar-refractivity contribution in [2.24, 2.45) is 0 Å². The van der Waals surface area contributed by atoms with E-state index in [9.17, 15) is 9.59 Å². The zero-order valence-corrected chi connectivity index (χ0v) is 18.7. The third-order valence-electron chi connectivity index (χ3n) is 6.21. The molecule has 0 atom stereocenters. The van der Waals surface area contributed by atoms with Gasteiger partial charge < -0.3 is 9.80 Å². The van der Waals surface area contributed by atoms with E-state index in [0.29, 0.717) is 22.5 Å². The molecule has 33 heavy (non-hydrogen) atoms. The third-order valence-corrected chi connectivity index (χ3v) is 6.21. The summed E-state index contributed by atoms with van der Waals surface area (Å²) >= 11 is 0. The number of benzene rings is 2. The van der Waals surface area contributed by atoms with E-state index in [2.05, 4.69) is 27.1 Å². The van der Waals surface area contributed by atoms with Gasteiger partial charge in [0.25, 0.3) is 5.91 Å². The van der Waals surface area contributed by atoms with Crippen molar-refractivity contribution in [3.8, 4) is 22.5 Å². The number of aromatic nitrogens is 3. The maximum Gasteiger partial charge on any atom is 0.253 e. The molecular weight excluding hydrogens is 414 g/mol. The van der Waals surface area contributed by atoms with Crippen LogP contribution in [0.15, 0.2) is 60.7 Å². The number of amides is 1. The summed E-state index contributed by atoms with van der Waals surface area (Å²) < 4.78 is 0. The average molecular weight is 440 g/mol. The number of aromatic amines is 1. The van der Waals surface area contributed by atoms with Crippen LogP contribution in [-0.2, 0) is 0 Å². The molecule has 1 amide bonds. The van der Waals surface area contributed by atoms with Gasteiger partial charge in [-0.15, -0.1) is 0 Å². The molecule has 1 saturated heterocycles. The number of nitrogens with zero attached hydrogens (tertiary/aromatic N) is 4. The molecule has 7 heteroatoms. The number of piperazine rings is 1. The molecule has 1 aliphatic rings. The van der Waals surface area contributed by atoms with Gasteiger partial charge in [-0.1, -0.05) is 36.4 Å². The van der Waals surface area contributed by atoms with Crippen LogP contribution >= 0.6 is 0 Å². The van der Waals surface area contributed by atoms with E-state index >= 15 is 0 Å². The summed E-state index contributed by atoms with van der Waals surface area (Å²) in [4.78, 5) is 33.6. The van der Waals surface area contributed by atoms with Crippen molar-refractivity contribution in [1.29, 1.82) is 0 Å². The van der Waals surface area contributed by atoms with Crippen molar-refractivity contribution < 1.29 is 9.59 Å². The van der Waals surface area contributed by atoms with Crippen molar-refractivity contribution >= 4 is 22.7 Å². The summed E-state index contributed by atoms with van der Waals surface area (Å²) in [5, 5.41) is 8.36. The fourth-order valence-corrected chi connectivity index (χ4v) is 4.25. The van der Waals surface area contributed by atoms with Gasteiger partial charge in [-0.2, -0.15) is 5.10 Å². The highest BCUT2D eigenvalue weighted by atomic mass is 16.2. The Kier molecular flexibility index (Phi) is 5.48. The number of nitrogens with one attached hydrogen (secondary N) is 1. The number of rotatable bonds is 4. The van der Waals surface area contributed by atoms with Crippen LogP contribution in [0.25, 0.3) is 33.5 Å². The summed E-state index contributed by atoms with van der Waals surface area (Å²) in [5.74, 6) is 0.0704. The van der Waals surface area contributed by atoms with Crippen LogP contribution < -0.4 is 0 Å². The van der Waals surface area contributed by atoms with Crippen molar-refractivity contribution in [2.75, 3.05) is 33.2 Å². The second-order valence-electron chi connectivity index (χ2n) is 8.44. The zero-order valence-electron chi connectivity index (χ0n) is 18.7. The second-order valence-corrected chi connectivity index (χ2v) is 8.44. The highest BCUT2D eigenvalue weighted by molar-refractivity contribution is 6.01. The maximum absolute atomic E-state index is 12.8. The van der Waals surface area contributed by atoms with Crippen molar-refractivity contribution in [3.63, 3.8) is 0 Å². The van der Waals surface area contributed by atoms with Crippen LogP contribution in [0.2, 0.25) is 0 Å². The predicted octanol–water partition coefficient (Wildman–Crippen LogP) is 3.88. The molecule has 7 nitrogen and oxygen atoms in total. The van der Waals surface area contributed by atoms with E-state index in [1.165, 1.54) is 0 Å². The molecule has 0 spiro atoms. The van der Waals surface area contributed by atoms with Gasteiger partial charge in [-0.3, -0.25) is 14.7 Å². The van der Waals surface area contributed by atoms with Gasteiger partial charge in [0, 0.05) is 53.8 Å². The molecule has 5 rings (SSSR count). The van der Waals surface area contributed by atoms with Crippen LogP contribution in [0.4, 0.5) is 0 Å². The smallest absolute Gasteiger partial charge is 0.253 e. The molecule has 0 radical (unpaired) electrons. The van der Waals surface area contributed by atoms with Gasteiger partial charge >= 0.3 is 0 Å². The lowest BCUT2D eigenvalue weighted by Crippen LogP contribution is -2.47. The molecule has 4 aromatic rings. The molecule has 1 fully saturated rings. The molecule has 1 aliphatic heterocycles. The fraction of sp³-hybridized carbons (Fsp3) is 0.231. The van der Waals surface area contributed by atoms with Gasteiger partial charge in [-0.05, 0) is 38.2 Å². The molecular formula is C26H25N5O2. The normalized spacial score (nSPS) is 14.5. The van der Waals surface area contributed by atoms with Crippen molar-refractivity contribution in [1.82, 2.24) is 25.0 Å². The summed E-state index contributed by atoms with van der Waals surface area (Å²) in [6, 6.07) is 19.0. The Balaban J connectivity index is 1.42. The Labute approximate surface area is 192 Å². The number of hydrogen-bond acceptors (Lipinski definition) is 5. The number of Topliss-reactive ketones (excluding diaryl/α,β-unsaturated/α-hetero) is 1. The monoisotopic (exact) mass is 439 g/mol. The Bertz CT molecular complexity index is 1330. The minimum absolute atomic E-state index is 0.00132. The number of ketones is 1. The molecule has 2 aromatic carbocycles. The van der Waals surface area contributed by atoms with Crippen LogP contribution in [0.1, 0.15) is 27.6 Å². The quantitative estimate of drug-likeness (QED) is 0.488. The molecule has 1 N–H and O–H groups in total. The van der Waals surface area contributed by atoms with Crippen molar-refractivity contribution in [2.45, 2.75) is 6.92 Å². The SMILES string of the molecule is CC(=O)c1ccccc1-c1ccc2c(-c3ccc(C(=O)N4CCN(C)CC4)cc3)[nH]nc2n1. The van der Waals surface area contributed by atoms with Gasteiger partial charge in [0.1, 0.15) is 0 Å². The number of hydrogen-bond donors (Lipinski definition) is 1. The van der Waals surface area contributed by atoms with Crippen LogP contribution in [0.5, 0.6) is 0 Å². The minimum atomic E-state index is 0.00132. The maximum atomic E-state index is 12.8. The minimum Gasteiger partial charge on any atom is -0.336 e. The van der Waals surface area contributed by atoms with Gasteiger partial charge in [0.15, 0.2) is 11.4 Å². The lowest BCUT2D eigenvalue weighted by atomic mass is 10.0. The van der Waals surface area contributed by atoms with E-state index in [4.69, 9.17) is 0 Å². The van der Waals surface area contributed by atoms with E-state index < -0.39 is 0 Å². The topological polar surface area (TPSA) is 82.2 Å². The Morgan fingerprint density at radius 2 is 1.64 bits per heavy atom. The van der Waals surface area contributed by atoms with Gasteiger partial charge in [-0.25, -0.2) is 4.98 Å². The first kappa shape index (κ1) is 21.0. The van der Waals surface area contributed by atoms with E-state index in [-0.39, 0.29) is 11.7 Å². The summed E-state index contributed by atoms with van der Waals surface area (Å²) in [6.07, 6.45) is 0. The zero-order chi connectivity index (χ0) is 22.9.